The molecule has 0 bridgehead atoms. The van der Waals surface area contributed by atoms with E-state index in [1.54, 1.807) is 18.2 Å². The summed E-state index contributed by atoms with van der Waals surface area (Å²) in [5.41, 5.74) is 12.6. The highest BCUT2D eigenvalue weighted by Gasteiger charge is 2.21. The van der Waals surface area contributed by atoms with Crippen molar-refractivity contribution in [3.8, 4) is 0 Å². The van der Waals surface area contributed by atoms with E-state index in [2.05, 4.69) is 5.32 Å². The molecule has 108 valence electrons. The van der Waals surface area contributed by atoms with E-state index < -0.39 is 11.8 Å². The Morgan fingerprint density at radius 1 is 1.40 bits per heavy atom. The third-order valence-electron chi connectivity index (χ3n) is 2.64. The first-order valence-electron chi connectivity index (χ1n) is 6.13. The van der Waals surface area contributed by atoms with Crippen LogP contribution in [0, 0.1) is 6.92 Å². The monoisotopic (exact) mass is 278 g/mol. The lowest BCUT2D eigenvalue weighted by Gasteiger charge is -2.15. The van der Waals surface area contributed by atoms with Crippen LogP contribution in [0.4, 0.5) is 11.4 Å². The zero-order valence-corrected chi connectivity index (χ0v) is 11.3. The molecule has 5 N–H and O–H groups in total. The molecule has 0 heterocycles. The number of carbonyl (C=O) groups is 3. The van der Waals surface area contributed by atoms with Crippen molar-refractivity contribution in [1.29, 1.82) is 0 Å². The highest BCUT2D eigenvalue weighted by molar-refractivity contribution is 6.41. The van der Waals surface area contributed by atoms with Crippen LogP contribution in [0.2, 0.25) is 0 Å². The molecule has 20 heavy (non-hydrogen) atoms. The lowest BCUT2D eigenvalue weighted by molar-refractivity contribution is -0.146. The highest BCUT2D eigenvalue weighted by atomic mass is 16.2. The Morgan fingerprint density at radius 3 is 2.70 bits per heavy atom. The summed E-state index contributed by atoms with van der Waals surface area (Å²) in [6, 6.07) is 5.05. The largest absolute Gasteiger partial charge is 0.397 e. The fraction of sp³-hybridized carbons (Fsp3) is 0.308. The Morgan fingerprint density at radius 2 is 2.10 bits per heavy atom. The summed E-state index contributed by atoms with van der Waals surface area (Å²) in [4.78, 5) is 35.1. The SMILES string of the molecule is Cc1ccc(N)c(NC(=O)C(=O)N(C=O)CCCN)c1. The van der Waals surface area contributed by atoms with Gasteiger partial charge in [-0.2, -0.15) is 0 Å². The molecule has 0 spiro atoms. The second-order valence-electron chi connectivity index (χ2n) is 4.29. The van der Waals surface area contributed by atoms with Gasteiger partial charge in [0.2, 0.25) is 6.41 Å². The smallest absolute Gasteiger partial charge is 0.318 e. The Labute approximate surface area is 116 Å². The number of hydrogen-bond donors (Lipinski definition) is 3. The maximum absolute atomic E-state index is 11.8. The van der Waals surface area contributed by atoms with Crippen LogP contribution >= 0.6 is 0 Å². The summed E-state index contributed by atoms with van der Waals surface area (Å²) < 4.78 is 0. The van der Waals surface area contributed by atoms with Crippen LogP contribution in [0.3, 0.4) is 0 Å². The van der Waals surface area contributed by atoms with Crippen molar-refractivity contribution in [3.05, 3.63) is 23.8 Å². The van der Waals surface area contributed by atoms with Crippen molar-refractivity contribution in [3.63, 3.8) is 0 Å². The van der Waals surface area contributed by atoms with Crippen LogP contribution in [0.1, 0.15) is 12.0 Å². The van der Waals surface area contributed by atoms with E-state index in [4.69, 9.17) is 11.5 Å². The molecule has 0 aliphatic rings. The van der Waals surface area contributed by atoms with Gasteiger partial charge in [0.1, 0.15) is 0 Å². The van der Waals surface area contributed by atoms with Gasteiger partial charge in [-0.3, -0.25) is 19.3 Å². The number of nitrogen functional groups attached to an aromatic ring is 1. The van der Waals surface area contributed by atoms with E-state index in [1.807, 2.05) is 6.92 Å². The standard InChI is InChI=1S/C13H18N4O3/c1-9-3-4-10(15)11(7-9)16-12(19)13(20)17(8-18)6-2-5-14/h3-4,7-8H,2,5-6,14-15H2,1H3,(H,16,19). The Hall–Kier alpha value is -2.41. The molecule has 1 aromatic carbocycles. The van der Waals surface area contributed by atoms with Crippen LogP contribution in [0.15, 0.2) is 18.2 Å². The number of benzene rings is 1. The summed E-state index contributed by atoms with van der Waals surface area (Å²) >= 11 is 0. The molecule has 0 aliphatic carbocycles. The molecule has 0 fully saturated rings. The molecular weight excluding hydrogens is 260 g/mol. The van der Waals surface area contributed by atoms with Gasteiger partial charge >= 0.3 is 11.8 Å². The van der Waals surface area contributed by atoms with Crippen LogP contribution in [-0.4, -0.2) is 36.2 Å². The predicted octanol–water partition coefficient (Wildman–Crippen LogP) is -0.150. The van der Waals surface area contributed by atoms with Crippen molar-refractivity contribution in [2.45, 2.75) is 13.3 Å². The van der Waals surface area contributed by atoms with Gasteiger partial charge in [-0.15, -0.1) is 0 Å². The van der Waals surface area contributed by atoms with E-state index in [-0.39, 0.29) is 6.54 Å². The minimum Gasteiger partial charge on any atom is -0.397 e. The van der Waals surface area contributed by atoms with Gasteiger partial charge in [0, 0.05) is 6.54 Å². The van der Waals surface area contributed by atoms with E-state index in [1.165, 1.54) is 0 Å². The molecule has 0 aliphatic heterocycles. The number of rotatable bonds is 5. The summed E-state index contributed by atoms with van der Waals surface area (Å²) in [5.74, 6) is -1.85. The topological polar surface area (TPSA) is 119 Å². The molecular formula is C13H18N4O3. The number of hydrogen-bond acceptors (Lipinski definition) is 5. The number of anilines is 2. The second-order valence-corrected chi connectivity index (χ2v) is 4.29. The van der Waals surface area contributed by atoms with Crippen LogP contribution < -0.4 is 16.8 Å². The molecule has 1 rings (SSSR count). The van der Waals surface area contributed by atoms with Gasteiger partial charge in [-0.25, -0.2) is 0 Å². The van der Waals surface area contributed by atoms with Crippen LogP contribution in [-0.2, 0) is 14.4 Å². The maximum Gasteiger partial charge on any atom is 0.318 e. The Balaban J connectivity index is 2.76. The summed E-state index contributed by atoms with van der Waals surface area (Å²) in [7, 11) is 0. The lowest BCUT2D eigenvalue weighted by Crippen LogP contribution is -2.40. The van der Waals surface area contributed by atoms with Gasteiger partial charge in [-0.1, -0.05) is 6.07 Å². The Kier molecular flexibility index (Phi) is 5.67. The molecule has 3 amide bonds. The predicted molar refractivity (Wildman–Crippen MR) is 75.7 cm³/mol. The van der Waals surface area contributed by atoms with Crippen molar-refractivity contribution in [1.82, 2.24) is 4.90 Å². The van der Waals surface area contributed by atoms with Gasteiger partial charge in [0.05, 0.1) is 11.4 Å². The van der Waals surface area contributed by atoms with Gasteiger partial charge in [0.15, 0.2) is 0 Å². The molecule has 0 saturated heterocycles. The second kappa shape index (κ2) is 7.25. The summed E-state index contributed by atoms with van der Waals surface area (Å²) in [6.07, 6.45) is 0.752. The number of nitrogens with zero attached hydrogens (tertiary/aromatic N) is 1. The quantitative estimate of drug-likeness (QED) is 0.393. The molecule has 0 atom stereocenters. The summed E-state index contributed by atoms with van der Waals surface area (Å²) in [5, 5.41) is 2.40. The number of nitrogens with two attached hydrogens (primary N) is 2. The van der Waals surface area contributed by atoms with E-state index in [0.29, 0.717) is 30.8 Å². The first-order chi connectivity index (χ1) is 9.49. The minimum atomic E-state index is -0.936. The minimum absolute atomic E-state index is 0.107. The average molecular weight is 278 g/mol. The molecule has 0 unspecified atom stereocenters. The highest BCUT2D eigenvalue weighted by Crippen LogP contribution is 2.19. The van der Waals surface area contributed by atoms with Crippen molar-refractivity contribution in [2.75, 3.05) is 24.1 Å². The fourth-order valence-corrected chi connectivity index (χ4v) is 1.55. The van der Waals surface area contributed by atoms with Crippen LogP contribution in [0.25, 0.3) is 0 Å². The van der Waals surface area contributed by atoms with Crippen molar-refractivity contribution < 1.29 is 14.4 Å². The normalized spacial score (nSPS) is 9.90. The molecule has 1 aromatic rings. The average Bonchev–Trinajstić information content (AvgIpc) is 2.43. The zero-order chi connectivity index (χ0) is 15.1. The number of amides is 3. The molecule has 7 heteroatoms. The maximum atomic E-state index is 11.8. The third kappa shape index (κ3) is 4.06. The fourth-order valence-electron chi connectivity index (χ4n) is 1.55. The van der Waals surface area contributed by atoms with Crippen LogP contribution in [0.5, 0.6) is 0 Å². The van der Waals surface area contributed by atoms with E-state index in [0.717, 1.165) is 10.5 Å². The van der Waals surface area contributed by atoms with Crippen molar-refractivity contribution in [2.24, 2.45) is 5.73 Å². The van der Waals surface area contributed by atoms with E-state index >= 15 is 0 Å². The molecule has 0 radical (unpaired) electrons. The molecule has 0 aromatic heterocycles. The molecule has 0 saturated carbocycles. The van der Waals surface area contributed by atoms with Gasteiger partial charge in [-0.05, 0) is 37.6 Å². The number of aryl methyl sites for hydroxylation is 1. The van der Waals surface area contributed by atoms with Gasteiger partial charge < -0.3 is 16.8 Å². The zero-order valence-electron chi connectivity index (χ0n) is 11.3. The van der Waals surface area contributed by atoms with E-state index in [9.17, 15) is 14.4 Å². The number of nitrogens with one attached hydrogen (secondary N) is 1. The number of imide groups is 1. The lowest BCUT2D eigenvalue weighted by atomic mass is 10.2. The molecule has 7 nitrogen and oxygen atoms in total. The third-order valence-corrected chi connectivity index (χ3v) is 2.64. The Bertz CT molecular complexity index is 516. The van der Waals surface area contributed by atoms with Crippen molar-refractivity contribution >= 4 is 29.6 Å². The first kappa shape index (κ1) is 15.6. The first-order valence-corrected chi connectivity index (χ1v) is 6.13. The van der Waals surface area contributed by atoms with Gasteiger partial charge in [0.25, 0.3) is 0 Å². The summed E-state index contributed by atoms with van der Waals surface area (Å²) in [6.45, 7) is 2.26. The number of carbonyl (C=O) groups excluding carboxylic acids is 3.